The van der Waals surface area contributed by atoms with Gasteiger partial charge in [0.15, 0.2) is 0 Å². The predicted octanol–water partition coefficient (Wildman–Crippen LogP) is 1.55. The predicted molar refractivity (Wildman–Crippen MR) is 116 cm³/mol. The first-order chi connectivity index (χ1) is 14.4. The lowest BCUT2D eigenvalue weighted by atomic mass is 10.1. The maximum Gasteiger partial charge on any atom is 0.255 e. The van der Waals surface area contributed by atoms with Crippen molar-refractivity contribution in [1.29, 1.82) is 0 Å². The van der Waals surface area contributed by atoms with E-state index in [1.165, 1.54) is 12.3 Å². The van der Waals surface area contributed by atoms with E-state index in [1.807, 2.05) is 31.3 Å². The molecule has 0 saturated heterocycles. The van der Waals surface area contributed by atoms with Crippen molar-refractivity contribution in [2.24, 2.45) is 7.05 Å². The highest BCUT2D eigenvalue weighted by atomic mass is 16.3. The molecule has 0 bridgehead atoms. The van der Waals surface area contributed by atoms with Crippen LogP contribution in [-0.4, -0.2) is 51.6 Å². The van der Waals surface area contributed by atoms with Crippen LogP contribution < -0.4 is 11.1 Å². The number of likely N-dealkylation sites (N-methyl/N-ethyl adjacent to an activating group) is 1. The fourth-order valence-corrected chi connectivity index (χ4v) is 3.14. The number of aliphatic hydroxyl groups excluding tert-OH is 1. The first-order valence-electron chi connectivity index (χ1n) is 9.51. The number of aromatic nitrogens is 2. The lowest BCUT2D eigenvalue weighted by Gasteiger charge is -2.16. The number of aliphatic hydroxyl groups is 1. The van der Waals surface area contributed by atoms with E-state index in [2.05, 4.69) is 20.9 Å². The quantitative estimate of drug-likeness (QED) is 0.514. The monoisotopic (exact) mass is 407 g/mol. The maximum absolute atomic E-state index is 12.6. The molecule has 3 aromatic rings. The largest absolute Gasteiger partial charge is 0.395 e. The summed E-state index contributed by atoms with van der Waals surface area (Å²) in [5.74, 6) is -0.520. The Hall–Kier alpha value is -3.65. The molecule has 2 aromatic heterocycles. The number of nitrogen functional groups attached to an aromatic ring is 1. The fourth-order valence-electron chi connectivity index (χ4n) is 3.14. The van der Waals surface area contributed by atoms with E-state index < -0.39 is 5.91 Å². The second kappa shape index (κ2) is 9.23. The number of amides is 2. The molecular weight excluding hydrogens is 382 g/mol. The molecule has 0 saturated carbocycles. The molecule has 1 aromatic carbocycles. The van der Waals surface area contributed by atoms with Gasteiger partial charge < -0.3 is 25.6 Å². The van der Waals surface area contributed by atoms with E-state index in [-0.39, 0.29) is 30.4 Å². The average molecular weight is 407 g/mol. The van der Waals surface area contributed by atoms with Gasteiger partial charge in [0.2, 0.25) is 5.91 Å². The second-order valence-corrected chi connectivity index (χ2v) is 6.96. The molecule has 0 radical (unpaired) electrons. The van der Waals surface area contributed by atoms with Crippen molar-refractivity contribution in [3.8, 4) is 0 Å². The van der Waals surface area contributed by atoms with E-state index in [0.717, 1.165) is 16.6 Å². The van der Waals surface area contributed by atoms with Crippen LogP contribution >= 0.6 is 0 Å². The number of para-hydroxylation sites is 1. The average Bonchev–Trinajstić information content (AvgIpc) is 3.06. The minimum absolute atomic E-state index is 0.0850. The molecule has 4 N–H and O–H groups in total. The summed E-state index contributed by atoms with van der Waals surface area (Å²) < 4.78 is 2.07. The van der Waals surface area contributed by atoms with Crippen molar-refractivity contribution >= 4 is 34.6 Å². The Labute approximate surface area is 174 Å². The first-order valence-corrected chi connectivity index (χ1v) is 9.51. The topological polar surface area (TPSA) is 113 Å². The zero-order valence-corrected chi connectivity index (χ0v) is 17.0. The van der Waals surface area contributed by atoms with Crippen LogP contribution in [0, 0.1) is 0 Å². The molecule has 0 aliphatic heterocycles. The normalized spacial score (nSPS) is 11.2. The Balaban J connectivity index is 1.70. The van der Waals surface area contributed by atoms with Crippen LogP contribution in [-0.2, 0) is 18.4 Å². The summed E-state index contributed by atoms with van der Waals surface area (Å²) in [6.07, 6.45) is 4.52. The smallest absolute Gasteiger partial charge is 0.255 e. The van der Waals surface area contributed by atoms with Gasteiger partial charge in [-0.3, -0.25) is 9.59 Å². The van der Waals surface area contributed by atoms with Crippen LogP contribution in [0.2, 0.25) is 0 Å². The molecule has 8 heteroatoms. The number of benzene rings is 1. The molecule has 0 aliphatic carbocycles. The molecule has 0 unspecified atom stereocenters. The Morgan fingerprint density at radius 2 is 2.07 bits per heavy atom. The van der Waals surface area contributed by atoms with E-state index in [0.29, 0.717) is 12.1 Å². The highest BCUT2D eigenvalue weighted by Crippen LogP contribution is 2.19. The number of rotatable bonds is 7. The van der Waals surface area contributed by atoms with E-state index >= 15 is 0 Å². The molecule has 30 heavy (non-hydrogen) atoms. The summed E-state index contributed by atoms with van der Waals surface area (Å²) in [5.41, 5.74) is 8.67. The van der Waals surface area contributed by atoms with Gasteiger partial charge in [0.25, 0.3) is 5.91 Å². The van der Waals surface area contributed by atoms with Crippen molar-refractivity contribution < 1.29 is 14.7 Å². The molecule has 3 rings (SSSR count). The number of aryl methyl sites for hydroxylation is 1. The van der Waals surface area contributed by atoms with E-state index in [1.54, 1.807) is 24.1 Å². The van der Waals surface area contributed by atoms with Crippen LogP contribution in [0.4, 0.5) is 5.82 Å². The van der Waals surface area contributed by atoms with E-state index in [4.69, 9.17) is 10.8 Å². The van der Waals surface area contributed by atoms with Crippen LogP contribution in [0.5, 0.6) is 0 Å². The van der Waals surface area contributed by atoms with Gasteiger partial charge in [0.05, 0.1) is 18.7 Å². The molecule has 2 heterocycles. The van der Waals surface area contributed by atoms with Crippen LogP contribution in [0.15, 0.2) is 48.7 Å². The molecule has 0 aliphatic rings. The van der Waals surface area contributed by atoms with Crippen LogP contribution in [0.1, 0.15) is 21.6 Å². The zero-order valence-electron chi connectivity index (χ0n) is 17.0. The molecular formula is C22H25N5O3. The van der Waals surface area contributed by atoms with E-state index in [9.17, 15) is 9.59 Å². The first kappa shape index (κ1) is 21.1. The van der Waals surface area contributed by atoms with Gasteiger partial charge in [-0.05, 0) is 35.2 Å². The Morgan fingerprint density at radius 1 is 1.30 bits per heavy atom. The van der Waals surface area contributed by atoms with Gasteiger partial charge in [0.1, 0.15) is 5.82 Å². The van der Waals surface area contributed by atoms with Gasteiger partial charge in [0, 0.05) is 44.1 Å². The number of hydrogen-bond donors (Lipinski definition) is 3. The Bertz CT molecular complexity index is 1100. The summed E-state index contributed by atoms with van der Waals surface area (Å²) in [5, 5.41) is 12.5. The molecule has 0 spiro atoms. The molecule has 0 atom stereocenters. The third-order valence-corrected chi connectivity index (χ3v) is 4.83. The summed E-state index contributed by atoms with van der Waals surface area (Å²) in [7, 11) is 3.72. The lowest BCUT2D eigenvalue weighted by Crippen LogP contribution is -2.27. The van der Waals surface area contributed by atoms with Crippen molar-refractivity contribution in [2.75, 3.05) is 25.9 Å². The highest BCUT2D eigenvalue weighted by Gasteiger charge is 2.12. The van der Waals surface area contributed by atoms with Crippen molar-refractivity contribution in [1.82, 2.24) is 19.8 Å². The van der Waals surface area contributed by atoms with Gasteiger partial charge in [-0.1, -0.05) is 18.2 Å². The standard InChI is InChI=1S/C22H25N5O3/c1-26(14-17-12-16-5-3-4-6-19(16)27(17)2)20(29)8-7-15-11-18(21(23)25-13-15)22(30)24-9-10-28/h3-8,11-13,28H,9-10,14H2,1-2H3,(H2,23,25)(H,24,30). The van der Waals surface area contributed by atoms with Gasteiger partial charge in [-0.15, -0.1) is 0 Å². The Morgan fingerprint density at radius 3 is 2.80 bits per heavy atom. The number of nitrogens with two attached hydrogens (primary N) is 1. The molecule has 0 fully saturated rings. The van der Waals surface area contributed by atoms with Crippen LogP contribution in [0.3, 0.4) is 0 Å². The number of pyridine rings is 1. The van der Waals surface area contributed by atoms with Crippen LogP contribution in [0.25, 0.3) is 17.0 Å². The second-order valence-electron chi connectivity index (χ2n) is 6.96. The van der Waals surface area contributed by atoms with Gasteiger partial charge >= 0.3 is 0 Å². The number of nitrogens with one attached hydrogen (secondary N) is 1. The number of hydrogen-bond acceptors (Lipinski definition) is 5. The fraction of sp³-hybridized carbons (Fsp3) is 0.227. The molecule has 156 valence electrons. The maximum atomic E-state index is 12.6. The minimum Gasteiger partial charge on any atom is -0.395 e. The summed E-state index contributed by atoms with van der Waals surface area (Å²) >= 11 is 0. The highest BCUT2D eigenvalue weighted by molar-refractivity contribution is 5.99. The summed E-state index contributed by atoms with van der Waals surface area (Å²) in [4.78, 5) is 30.3. The molecule has 2 amide bonds. The van der Waals surface area contributed by atoms with Gasteiger partial charge in [-0.2, -0.15) is 0 Å². The van der Waals surface area contributed by atoms with Crippen molar-refractivity contribution in [3.63, 3.8) is 0 Å². The number of carbonyl (C=O) groups is 2. The Kier molecular flexibility index (Phi) is 6.48. The molecule has 8 nitrogen and oxygen atoms in total. The van der Waals surface area contributed by atoms with Gasteiger partial charge in [-0.25, -0.2) is 4.98 Å². The summed E-state index contributed by atoms with van der Waals surface area (Å²) in [6, 6.07) is 11.7. The van der Waals surface area contributed by atoms with Crippen molar-refractivity contribution in [3.05, 3.63) is 65.5 Å². The summed E-state index contributed by atoms with van der Waals surface area (Å²) in [6.45, 7) is 0.412. The third kappa shape index (κ3) is 4.66. The van der Waals surface area contributed by atoms with Crippen molar-refractivity contribution in [2.45, 2.75) is 6.54 Å². The SMILES string of the molecule is CN(Cc1cc2ccccc2n1C)C(=O)C=Cc1cnc(N)c(C(=O)NCCO)c1. The number of anilines is 1. The number of fused-ring (bicyclic) bond motifs is 1. The lowest BCUT2D eigenvalue weighted by molar-refractivity contribution is -0.125. The third-order valence-electron chi connectivity index (χ3n) is 4.83. The number of carbonyl (C=O) groups excluding carboxylic acids is 2. The zero-order chi connectivity index (χ0) is 21.7. The number of nitrogens with zero attached hydrogens (tertiary/aromatic N) is 3. The minimum atomic E-state index is -0.427.